The molecule has 3 aromatic rings. The Morgan fingerprint density at radius 1 is 1.26 bits per heavy atom. The minimum absolute atomic E-state index is 0.149. The summed E-state index contributed by atoms with van der Waals surface area (Å²) in [4.78, 5) is 18.0. The summed E-state index contributed by atoms with van der Waals surface area (Å²) in [6.45, 7) is 2.43. The maximum Gasteiger partial charge on any atom is 0.338 e. The number of nitrogens with two attached hydrogens (primary N) is 1. The first-order valence-corrected chi connectivity index (χ1v) is 9.80. The Kier molecular flexibility index (Phi) is 5.34. The highest BCUT2D eigenvalue weighted by molar-refractivity contribution is 5.93. The molecule has 4 rings (SSSR count). The van der Waals surface area contributed by atoms with Crippen molar-refractivity contribution in [3.63, 3.8) is 0 Å². The number of hydrogen-bond donors (Lipinski definition) is 1. The van der Waals surface area contributed by atoms with Crippen molar-refractivity contribution in [2.75, 3.05) is 25.9 Å². The molecule has 1 fully saturated rings. The Labute approximate surface area is 176 Å². The van der Waals surface area contributed by atoms with Crippen LogP contribution in [0, 0.1) is 12.7 Å². The molecule has 0 aliphatic carbocycles. The topological polar surface area (TPSA) is 85.8 Å². The van der Waals surface area contributed by atoms with Crippen LogP contribution in [0.4, 0.5) is 19.0 Å². The summed E-state index contributed by atoms with van der Waals surface area (Å²) in [5, 5.41) is 4.22. The third-order valence-corrected chi connectivity index (χ3v) is 5.64. The molecule has 31 heavy (non-hydrogen) atoms. The average Bonchev–Trinajstić information content (AvgIpc) is 3.08. The third-order valence-electron chi connectivity index (χ3n) is 5.64. The number of aromatic nitrogens is 3. The van der Waals surface area contributed by atoms with Crippen molar-refractivity contribution in [2.24, 2.45) is 0 Å². The Morgan fingerprint density at radius 3 is 2.65 bits per heavy atom. The summed E-state index contributed by atoms with van der Waals surface area (Å²) in [7, 11) is 1.26. The van der Waals surface area contributed by atoms with Gasteiger partial charge in [-0.1, -0.05) is 0 Å². The number of nitrogen functional groups attached to an aromatic ring is 1. The van der Waals surface area contributed by atoms with Gasteiger partial charge < -0.3 is 10.5 Å². The molecule has 0 unspecified atom stereocenters. The average molecular weight is 433 g/mol. The molecule has 1 aliphatic heterocycles. The number of benzene rings is 1. The summed E-state index contributed by atoms with van der Waals surface area (Å²) in [6, 6.07) is 4.39. The maximum atomic E-state index is 14.9. The number of fused-ring (bicyclic) bond motifs is 1. The second kappa shape index (κ2) is 7.84. The number of aryl methyl sites for hydroxylation is 1. The highest BCUT2D eigenvalue weighted by Gasteiger charge is 2.34. The van der Waals surface area contributed by atoms with Gasteiger partial charge in [0.05, 0.1) is 18.4 Å². The number of likely N-dealkylation sites (tertiary alicyclic amines) is 1. The molecule has 10 heteroatoms. The maximum absolute atomic E-state index is 14.9. The zero-order valence-electron chi connectivity index (χ0n) is 17.2. The number of anilines is 1. The van der Waals surface area contributed by atoms with Crippen LogP contribution in [0.25, 0.3) is 16.8 Å². The van der Waals surface area contributed by atoms with Gasteiger partial charge in [0.25, 0.3) is 5.92 Å². The van der Waals surface area contributed by atoms with Gasteiger partial charge in [-0.2, -0.15) is 5.10 Å². The number of halogens is 3. The van der Waals surface area contributed by atoms with Crippen molar-refractivity contribution < 1.29 is 22.7 Å². The van der Waals surface area contributed by atoms with Crippen molar-refractivity contribution in [2.45, 2.75) is 32.2 Å². The molecule has 1 aliphatic rings. The lowest BCUT2D eigenvalue weighted by Crippen LogP contribution is -2.38. The number of rotatable bonds is 4. The number of hydrogen-bond acceptors (Lipinski definition) is 6. The molecule has 0 spiro atoms. The molecule has 2 N–H and O–H groups in total. The number of alkyl halides is 2. The summed E-state index contributed by atoms with van der Waals surface area (Å²) in [5.74, 6) is -3.57. The van der Waals surface area contributed by atoms with Crippen LogP contribution in [0.3, 0.4) is 0 Å². The van der Waals surface area contributed by atoms with Gasteiger partial charge in [0.2, 0.25) is 0 Å². The van der Waals surface area contributed by atoms with E-state index in [2.05, 4.69) is 10.1 Å². The predicted octanol–water partition coefficient (Wildman–Crippen LogP) is 3.44. The standard InChI is InChI=1S/C21H22F3N5O2/c1-12-7-16(22)15(9-14(12)20(30)31-2)17-8-13(18-19(25)26-11-27-29(17)18)10-28-5-3-21(23,24)4-6-28/h7-9,11H,3-6,10H2,1-2H3,(H2,25,26,27). The quantitative estimate of drug-likeness (QED) is 0.635. The molecule has 0 bridgehead atoms. The van der Waals surface area contributed by atoms with E-state index in [0.717, 1.165) is 0 Å². The van der Waals surface area contributed by atoms with Gasteiger partial charge in [-0.15, -0.1) is 0 Å². The molecule has 7 nitrogen and oxygen atoms in total. The van der Waals surface area contributed by atoms with Crippen molar-refractivity contribution in [3.8, 4) is 11.3 Å². The fourth-order valence-electron chi connectivity index (χ4n) is 3.94. The van der Waals surface area contributed by atoms with Gasteiger partial charge in [0, 0.05) is 38.0 Å². The summed E-state index contributed by atoms with van der Waals surface area (Å²) in [5.41, 5.74) is 8.46. The van der Waals surface area contributed by atoms with Crippen molar-refractivity contribution in [1.82, 2.24) is 19.5 Å². The fraction of sp³-hybridized carbons (Fsp3) is 0.381. The minimum Gasteiger partial charge on any atom is -0.465 e. The highest BCUT2D eigenvalue weighted by Crippen LogP contribution is 2.33. The summed E-state index contributed by atoms with van der Waals surface area (Å²) in [6.07, 6.45) is 0.823. The van der Waals surface area contributed by atoms with Gasteiger partial charge in [-0.05, 0) is 36.2 Å². The Hall–Kier alpha value is -3.14. The van der Waals surface area contributed by atoms with E-state index >= 15 is 0 Å². The zero-order chi connectivity index (χ0) is 22.3. The molecule has 1 saturated heterocycles. The molecule has 2 aromatic heterocycles. The lowest BCUT2D eigenvalue weighted by Gasteiger charge is -2.31. The summed E-state index contributed by atoms with van der Waals surface area (Å²) < 4.78 is 48.2. The molecule has 0 amide bonds. The number of piperidine rings is 1. The van der Waals surface area contributed by atoms with Crippen LogP contribution in [-0.4, -0.2) is 51.6 Å². The molecule has 0 saturated carbocycles. The van der Waals surface area contributed by atoms with Gasteiger partial charge in [0.15, 0.2) is 5.82 Å². The van der Waals surface area contributed by atoms with E-state index in [9.17, 15) is 18.0 Å². The first-order chi connectivity index (χ1) is 14.7. The second-order valence-corrected chi connectivity index (χ2v) is 7.73. The molecule has 164 valence electrons. The lowest BCUT2D eigenvalue weighted by atomic mass is 10.0. The molecular weight excluding hydrogens is 411 g/mol. The number of carbonyl (C=O) groups excluding carboxylic acids is 1. The monoisotopic (exact) mass is 433 g/mol. The number of carbonyl (C=O) groups is 1. The van der Waals surface area contributed by atoms with Gasteiger partial charge in [-0.3, -0.25) is 4.90 Å². The van der Waals surface area contributed by atoms with E-state index in [1.165, 1.54) is 30.1 Å². The van der Waals surface area contributed by atoms with E-state index in [1.54, 1.807) is 13.0 Å². The molecule has 3 heterocycles. The first-order valence-electron chi connectivity index (χ1n) is 9.80. The second-order valence-electron chi connectivity index (χ2n) is 7.73. The van der Waals surface area contributed by atoms with E-state index in [1.807, 2.05) is 4.90 Å². The number of esters is 1. The van der Waals surface area contributed by atoms with Crippen LogP contribution in [0.15, 0.2) is 24.5 Å². The molecule has 0 atom stereocenters. The highest BCUT2D eigenvalue weighted by atomic mass is 19.3. The van der Waals surface area contributed by atoms with E-state index < -0.39 is 17.7 Å². The van der Waals surface area contributed by atoms with Crippen LogP contribution >= 0.6 is 0 Å². The minimum atomic E-state index is -2.65. The third kappa shape index (κ3) is 3.95. The van der Waals surface area contributed by atoms with Crippen LogP contribution in [0.1, 0.15) is 34.3 Å². The smallest absolute Gasteiger partial charge is 0.338 e. The predicted molar refractivity (Wildman–Crippen MR) is 108 cm³/mol. The lowest BCUT2D eigenvalue weighted by molar-refractivity contribution is -0.0565. The Balaban J connectivity index is 1.80. The van der Waals surface area contributed by atoms with Crippen LogP contribution in [-0.2, 0) is 11.3 Å². The number of methoxy groups -OCH3 is 1. The van der Waals surface area contributed by atoms with Gasteiger partial charge in [0.1, 0.15) is 17.7 Å². The summed E-state index contributed by atoms with van der Waals surface area (Å²) >= 11 is 0. The van der Waals surface area contributed by atoms with Crippen LogP contribution in [0.5, 0.6) is 0 Å². The van der Waals surface area contributed by atoms with Gasteiger partial charge >= 0.3 is 5.97 Å². The number of nitrogens with zero attached hydrogens (tertiary/aromatic N) is 4. The SMILES string of the molecule is COC(=O)c1cc(-c2cc(CN3CCC(F)(F)CC3)c3c(N)ncnn23)c(F)cc1C. The molecule has 1 aromatic carbocycles. The van der Waals surface area contributed by atoms with Crippen LogP contribution < -0.4 is 5.73 Å². The van der Waals surface area contributed by atoms with E-state index in [0.29, 0.717) is 28.9 Å². The number of ether oxygens (including phenoxy) is 1. The van der Waals surface area contributed by atoms with Gasteiger partial charge in [-0.25, -0.2) is 27.5 Å². The van der Waals surface area contributed by atoms with E-state index in [-0.39, 0.29) is 42.9 Å². The molecular formula is C21H22F3N5O2. The van der Waals surface area contributed by atoms with Crippen molar-refractivity contribution in [3.05, 3.63) is 47.0 Å². The normalized spacial score (nSPS) is 16.5. The first kappa shape index (κ1) is 21.1. The Bertz CT molecular complexity index is 1150. The largest absolute Gasteiger partial charge is 0.465 e. The van der Waals surface area contributed by atoms with Crippen molar-refractivity contribution >= 4 is 17.3 Å². The van der Waals surface area contributed by atoms with Crippen LogP contribution in [0.2, 0.25) is 0 Å². The van der Waals surface area contributed by atoms with Crippen molar-refractivity contribution in [1.29, 1.82) is 0 Å². The zero-order valence-corrected chi connectivity index (χ0v) is 17.2. The van der Waals surface area contributed by atoms with E-state index in [4.69, 9.17) is 10.5 Å². The Morgan fingerprint density at radius 2 is 1.97 bits per heavy atom. The molecule has 0 radical (unpaired) electrons. The fourth-order valence-corrected chi connectivity index (χ4v) is 3.94.